The van der Waals surface area contributed by atoms with E-state index in [1.54, 1.807) is 42.5 Å². The molecule has 0 radical (unpaired) electrons. The Kier molecular flexibility index (Phi) is 5.23. The monoisotopic (exact) mass is 393 g/mol. The number of sulfonamides is 1. The minimum atomic E-state index is -4.11. The molecule has 5 nitrogen and oxygen atoms in total. The predicted molar refractivity (Wildman–Crippen MR) is 102 cm³/mol. The highest BCUT2D eigenvalue weighted by atomic mass is 32.3. The number of rotatable bonds is 5. The Morgan fingerprint density at radius 2 is 1.50 bits per heavy atom. The number of hydrogen-bond acceptors (Lipinski definition) is 4. The van der Waals surface area contributed by atoms with E-state index in [4.69, 9.17) is 0 Å². The van der Waals surface area contributed by atoms with Gasteiger partial charge in [0, 0.05) is 4.90 Å². The summed E-state index contributed by atoms with van der Waals surface area (Å²) in [6.45, 7) is 1.86. The molecule has 0 aromatic heterocycles. The molecule has 0 saturated heterocycles. The van der Waals surface area contributed by atoms with E-state index in [-0.39, 0.29) is 10.6 Å². The van der Waals surface area contributed by atoms with E-state index in [0.717, 1.165) is 18.4 Å². The molecule has 0 spiro atoms. The Hall–Kier alpha value is -1.70. The van der Waals surface area contributed by atoms with Crippen LogP contribution in [-0.2, 0) is 19.8 Å². The van der Waals surface area contributed by atoms with Gasteiger partial charge in [0.15, 0.2) is 0 Å². The Morgan fingerprint density at radius 3 is 2.08 bits per heavy atom. The maximum atomic E-state index is 13.7. The molecule has 1 N–H and O–H groups in total. The molecular weight excluding hydrogens is 370 g/mol. The molecule has 0 heterocycles. The van der Waals surface area contributed by atoms with Crippen LogP contribution in [0.25, 0.3) is 0 Å². The van der Waals surface area contributed by atoms with Crippen LogP contribution in [0.3, 0.4) is 0 Å². The largest absolute Gasteiger partial charge is 0.389 e. The first-order chi connectivity index (χ1) is 12.2. The first-order valence-corrected chi connectivity index (χ1v) is 11.7. The molecule has 0 bridgehead atoms. The van der Waals surface area contributed by atoms with E-state index < -0.39 is 25.4 Å². The van der Waals surface area contributed by atoms with Gasteiger partial charge in [-0.25, -0.2) is 4.21 Å². The van der Waals surface area contributed by atoms with Crippen molar-refractivity contribution < 1.29 is 17.7 Å². The molecule has 1 atom stereocenters. The second kappa shape index (κ2) is 7.13. The summed E-state index contributed by atoms with van der Waals surface area (Å²) < 4.78 is 43.1. The second-order valence-electron chi connectivity index (χ2n) is 6.89. The summed E-state index contributed by atoms with van der Waals surface area (Å²) in [7, 11) is -7.45. The van der Waals surface area contributed by atoms with E-state index in [0.29, 0.717) is 17.7 Å². The summed E-state index contributed by atoms with van der Waals surface area (Å²) >= 11 is 0. The minimum Gasteiger partial charge on any atom is -0.389 e. The Morgan fingerprint density at radius 1 is 0.923 bits per heavy atom. The quantitative estimate of drug-likeness (QED) is 0.842. The molecule has 2 aromatic carbocycles. The van der Waals surface area contributed by atoms with Crippen molar-refractivity contribution in [3.8, 4) is 0 Å². The zero-order valence-electron chi connectivity index (χ0n) is 14.7. The highest BCUT2D eigenvalue weighted by Crippen LogP contribution is 2.34. The first-order valence-electron chi connectivity index (χ1n) is 8.58. The van der Waals surface area contributed by atoms with Crippen LogP contribution in [0, 0.1) is 6.92 Å². The van der Waals surface area contributed by atoms with Gasteiger partial charge in [0.25, 0.3) is 10.0 Å². The van der Waals surface area contributed by atoms with Crippen molar-refractivity contribution in [2.24, 2.45) is 3.77 Å². The fourth-order valence-corrected chi connectivity index (χ4v) is 7.65. The fraction of sp³-hybridized carbons (Fsp3) is 0.368. The van der Waals surface area contributed by atoms with Gasteiger partial charge in [0.05, 0.1) is 26.0 Å². The molecule has 1 aliphatic carbocycles. The highest BCUT2D eigenvalue weighted by molar-refractivity contribution is 8.03. The molecule has 1 saturated carbocycles. The first kappa shape index (κ1) is 19.1. The summed E-state index contributed by atoms with van der Waals surface area (Å²) in [5, 5.41) is 10.8. The van der Waals surface area contributed by atoms with Crippen LogP contribution in [-0.4, -0.2) is 29.1 Å². The molecule has 1 aliphatic rings. The lowest BCUT2D eigenvalue weighted by Gasteiger charge is -2.24. The Labute approximate surface area is 155 Å². The minimum absolute atomic E-state index is 0.00479. The second-order valence-corrected chi connectivity index (χ2v) is 11.0. The maximum Gasteiger partial charge on any atom is 0.290 e. The van der Waals surface area contributed by atoms with Gasteiger partial charge in [-0.05, 0) is 44.0 Å². The molecule has 140 valence electrons. The van der Waals surface area contributed by atoms with Gasteiger partial charge < -0.3 is 5.11 Å². The topological polar surface area (TPSA) is 83.8 Å². The van der Waals surface area contributed by atoms with Crippen LogP contribution in [0.15, 0.2) is 68.2 Å². The van der Waals surface area contributed by atoms with E-state index in [2.05, 4.69) is 3.77 Å². The van der Waals surface area contributed by atoms with Crippen LogP contribution < -0.4 is 0 Å². The van der Waals surface area contributed by atoms with Crippen LogP contribution >= 0.6 is 0 Å². The van der Waals surface area contributed by atoms with Crippen LogP contribution in [0.5, 0.6) is 0 Å². The van der Waals surface area contributed by atoms with Gasteiger partial charge in [-0.3, -0.25) is 0 Å². The average molecular weight is 394 g/mol. The molecule has 1 unspecified atom stereocenters. The third-order valence-electron chi connectivity index (χ3n) is 4.65. The average Bonchev–Trinajstić information content (AvgIpc) is 3.01. The fourth-order valence-electron chi connectivity index (χ4n) is 3.24. The van der Waals surface area contributed by atoms with Gasteiger partial charge in [-0.1, -0.05) is 48.7 Å². The van der Waals surface area contributed by atoms with Crippen molar-refractivity contribution >= 4 is 19.8 Å². The normalized spacial score (nSPS) is 19.0. The molecule has 2 aromatic rings. The lowest BCUT2D eigenvalue weighted by atomic mass is 10.1. The Balaban J connectivity index is 2.12. The molecule has 3 rings (SSSR count). The Bertz CT molecular complexity index is 984. The van der Waals surface area contributed by atoms with Crippen molar-refractivity contribution in [3.63, 3.8) is 0 Å². The van der Waals surface area contributed by atoms with Crippen LogP contribution in [0.1, 0.15) is 31.2 Å². The number of nitrogens with zero attached hydrogens (tertiary/aromatic N) is 1. The van der Waals surface area contributed by atoms with Gasteiger partial charge in [-0.2, -0.15) is 8.42 Å². The highest BCUT2D eigenvalue weighted by Gasteiger charge is 2.37. The molecule has 26 heavy (non-hydrogen) atoms. The van der Waals surface area contributed by atoms with Crippen molar-refractivity contribution in [1.82, 2.24) is 0 Å². The lowest BCUT2D eigenvalue weighted by molar-refractivity contribution is 0.0720. The smallest absolute Gasteiger partial charge is 0.290 e. The summed E-state index contributed by atoms with van der Waals surface area (Å²) in [5.41, 5.74) is -0.216. The van der Waals surface area contributed by atoms with Gasteiger partial charge in [0.2, 0.25) is 0 Å². The SMILES string of the molecule is Cc1ccc(S(=O)(=O)N=S(=O)(CC2(O)CCCC2)c2ccccc2)cc1. The van der Waals surface area contributed by atoms with E-state index in [1.807, 2.05) is 6.92 Å². The molecule has 0 aliphatic heterocycles. The third-order valence-corrected chi connectivity index (χ3v) is 9.20. The van der Waals surface area contributed by atoms with E-state index in [1.165, 1.54) is 12.1 Å². The number of benzene rings is 2. The maximum absolute atomic E-state index is 13.7. The van der Waals surface area contributed by atoms with Crippen molar-refractivity contribution in [2.45, 2.75) is 48.0 Å². The van der Waals surface area contributed by atoms with Gasteiger partial charge >= 0.3 is 0 Å². The molecule has 0 amide bonds. The molecule has 7 heteroatoms. The van der Waals surface area contributed by atoms with Crippen molar-refractivity contribution in [3.05, 3.63) is 60.2 Å². The van der Waals surface area contributed by atoms with Crippen LogP contribution in [0.2, 0.25) is 0 Å². The summed E-state index contributed by atoms with van der Waals surface area (Å²) in [5.74, 6) is -0.172. The molecular formula is C19H23NO4S2. The summed E-state index contributed by atoms with van der Waals surface area (Å²) in [6, 6.07) is 14.6. The zero-order valence-corrected chi connectivity index (χ0v) is 16.3. The molecule has 1 fully saturated rings. The van der Waals surface area contributed by atoms with E-state index in [9.17, 15) is 17.7 Å². The zero-order chi connectivity index (χ0) is 18.8. The lowest BCUT2D eigenvalue weighted by Crippen LogP contribution is -2.34. The number of aryl methyl sites for hydroxylation is 1. The summed E-state index contributed by atoms with van der Waals surface area (Å²) in [6.07, 6.45) is 2.70. The summed E-state index contributed by atoms with van der Waals surface area (Å²) in [4.78, 5) is 0.334. The van der Waals surface area contributed by atoms with E-state index >= 15 is 0 Å². The third kappa shape index (κ3) is 4.16. The van der Waals surface area contributed by atoms with Crippen molar-refractivity contribution in [1.29, 1.82) is 0 Å². The van der Waals surface area contributed by atoms with Gasteiger partial charge in [-0.15, -0.1) is 3.77 Å². The standard InChI is InChI=1S/C19H23NO4S2/c1-16-9-11-18(12-10-16)26(23,24)20-25(22,17-7-3-2-4-8-17)15-19(21)13-5-6-14-19/h2-4,7-12,21H,5-6,13-15H2,1H3. The number of aliphatic hydroxyl groups is 1. The van der Waals surface area contributed by atoms with Crippen molar-refractivity contribution in [2.75, 3.05) is 5.75 Å². The van der Waals surface area contributed by atoms with Crippen LogP contribution in [0.4, 0.5) is 0 Å². The predicted octanol–water partition coefficient (Wildman–Crippen LogP) is 3.52. The van der Waals surface area contributed by atoms with Gasteiger partial charge in [0.1, 0.15) is 0 Å². The number of hydrogen-bond donors (Lipinski definition) is 1.